The molecule has 0 aromatic carbocycles. The van der Waals surface area contributed by atoms with Crippen LogP contribution in [0.25, 0.3) is 0 Å². The summed E-state index contributed by atoms with van der Waals surface area (Å²) in [5.41, 5.74) is 0.603. The average Bonchev–Trinajstić information content (AvgIpc) is 3.04. The Balaban J connectivity index is 1.31. The molecule has 166 valence electrons. The number of hydrazone groups is 1. The molecule has 2 atom stereocenters. The van der Waals surface area contributed by atoms with Crippen molar-refractivity contribution >= 4 is 27.4 Å². The molecular weight excluding hydrogens is 402 g/mol. The molecule has 8 heteroatoms. The molecule has 1 saturated heterocycles. The first kappa shape index (κ1) is 20.5. The van der Waals surface area contributed by atoms with E-state index in [0.29, 0.717) is 18.6 Å². The van der Waals surface area contributed by atoms with Crippen LogP contribution in [0.3, 0.4) is 0 Å². The van der Waals surface area contributed by atoms with Crippen LogP contribution in [-0.4, -0.2) is 54.5 Å². The topological polar surface area (TPSA) is 95.9 Å². The number of amides is 2. The summed E-state index contributed by atoms with van der Waals surface area (Å²) in [6.07, 6.45) is 9.67. The number of carbonyl (C=O) groups excluding carboxylic acids is 2. The fourth-order valence-corrected chi connectivity index (χ4v) is 9.21. The molecule has 4 saturated carbocycles. The lowest BCUT2D eigenvalue weighted by Crippen LogP contribution is -2.57. The Kier molecular flexibility index (Phi) is 4.99. The number of hydrogen-bond donors (Lipinski definition) is 1. The summed E-state index contributed by atoms with van der Waals surface area (Å²) >= 11 is 0. The lowest BCUT2D eigenvalue weighted by Gasteiger charge is -2.59. The normalized spacial score (nSPS) is 40.4. The smallest absolute Gasteiger partial charge is 0.267 e. The van der Waals surface area contributed by atoms with Crippen molar-refractivity contribution in [3.8, 4) is 0 Å². The molecule has 7 nitrogen and oxygen atoms in total. The van der Waals surface area contributed by atoms with Crippen molar-refractivity contribution in [1.82, 2.24) is 10.3 Å². The molecule has 0 aromatic rings. The van der Waals surface area contributed by atoms with Gasteiger partial charge in [-0.05, 0) is 74.5 Å². The number of nitrogens with zero attached hydrogens (tertiary/aromatic N) is 2. The van der Waals surface area contributed by atoms with Crippen LogP contribution in [-0.2, 0) is 19.4 Å². The fourth-order valence-electron chi connectivity index (χ4n) is 7.52. The Morgan fingerprint density at radius 3 is 2.33 bits per heavy atom. The second-order valence-electron chi connectivity index (χ2n) is 10.6. The maximum absolute atomic E-state index is 13.2. The van der Waals surface area contributed by atoms with Crippen molar-refractivity contribution in [3.63, 3.8) is 0 Å². The Labute approximate surface area is 178 Å². The highest BCUT2D eigenvalue weighted by Gasteiger charge is 2.54. The summed E-state index contributed by atoms with van der Waals surface area (Å²) in [7, 11) is -3.12. The van der Waals surface area contributed by atoms with Gasteiger partial charge in [-0.25, -0.2) is 13.4 Å². The van der Waals surface area contributed by atoms with E-state index >= 15 is 0 Å². The molecule has 0 spiro atoms. The molecule has 2 heterocycles. The zero-order valence-corrected chi connectivity index (χ0v) is 18.6. The number of nitrogens with one attached hydrogen (secondary N) is 1. The summed E-state index contributed by atoms with van der Waals surface area (Å²) in [6.45, 7) is 2.16. The number of rotatable bonds is 5. The third-order valence-corrected chi connectivity index (χ3v) is 10.2. The molecule has 0 unspecified atom stereocenters. The molecule has 6 aliphatic rings. The minimum Gasteiger partial charge on any atom is -0.348 e. The first-order valence-electron chi connectivity index (χ1n) is 11.7. The summed E-state index contributed by atoms with van der Waals surface area (Å²) in [5.74, 6) is 2.16. The van der Waals surface area contributed by atoms with Gasteiger partial charge >= 0.3 is 0 Å². The monoisotopic (exact) mass is 435 g/mol. The highest BCUT2D eigenvalue weighted by molar-refractivity contribution is 7.91. The first-order valence-corrected chi connectivity index (χ1v) is 13.5. The van der Waals surface area contributed by atoms with Gasteiger partial charge < -0.3 is 5.32 Å². The van der Waals surface area contributed by atoms with Gasteiger partial charge in [0.25, 0.3) is 5.91 Å². The van der Waals surface area contributed by atoms with Crippen LogP contribution in [0.4, 0.5) is 0 Å². The van der Waals surface area contributed by atoms with E-state index in [1.807, 2.05) is 0 Å². The van der Waals surface area contributed by atoms with E-state index in [0.717, 1.165) is 24.2 Å². The Morgan fingerprint density at radius 1 is 1.17 bits per heavy atom. The molecule has 4 bridgehead atoms. The minimum absolute atomic E-state index is 0.0536. The third-order valence-electron chi connectivity index (χ3n) is 8.41. The quantitative estimate of drug-likeness (QED) is 0.716. The van der Waals surface area contributed by atoms with Crippen molar-refractivity contribution in [2.24, 2.45) is 28.3 Å². The van der Waals surface area contributed by atoms with Gasteiger partial charge in [-0.2, -0.15) is 5.10 Å². The van der Waals surface area contributed by atoms with Crippen molar-refractivity contribution < 1.29 is 18.0 Å². The van der Waals surface area contributed by atoms with E-state index in [1.165, 1.54) is 43.5 Å². The Hall–Kier alpha value is -1.44. The molecule has 5 fully saturated rings. The van der Waals surface area contributed by atoms with Gasteiger partial charge in [0.2, 0.25) is 5.91 Å². The molecule has 1 N–H and O–H groups in total. The van der Waals surface area contributed by atoms with E-state index in [-0.39, 0.29) is 41.2 Å². The molecule has 2 aliphatic heterocycles. The van der Waals surface area contributed by atoms with Gasteiger partial charge in [0.1, 0.15) is 5.71 Å². The summed E-state index contributed by atoms with van der Waals surface area (Å²) in [5, 5.41) is 8.96. The van der Waals surface area contributed by atoms with Crippen LogP contribution < -0.4 is 5.32 Å². The zero-order valence-electron chi connectivity index (χ0n) is 17.8. The molecular formula is C22H33N3O4S. The van der Waals surface area contributed by atoms with Gasteiger partial charge in [-0.1, -0.05) is 6.92 Å². The molecule has 0 radical (unpaired) electrons. The SMILES string of the molecule is CC[C@@H](NC(=O)C1=NN([C@H]2CCS(=O)(=O)C2)C(=O)CC1)C12CC3CC(CC(C3)C1)C2. The number of carbonyl (C=O) groups is 2. The largest absolute Gasteiger partial charge is 0.348 e. The molecule has 2 amide bonds. The molecule has 30 heavy (non-hydrogen) atoms. The van der Waals surface area contributed by atoms with E-state index < -0.39 is 15.9 Å². The fraction of sp³-hybridized carbons (Fsp3) is 0.864. The molecule has 6 rings (SSSR count). The summed E-state index contributed by atoms with van der Waals surface area (Å²) in [6, 6.07) is -0.283. The maximum atomic E-state index is 13.2. The zero-order chi connectivity index (χ0) is 21.1. The standard InChI is InChI=1S/C22H33N3O4S/c1-2-19(22-10-14-7-15(11-22)9-16(8-14)12-22)23-21(27)18-3-4-20(26)25(24-18)17-5-6-30(28,29)13-17/h14-17,19H,2-13H2,1H3,(H,23,27)/t14?,15?,16?,17-,19+,22?/m0/s1. The average molecular weight is 436 g/mol. The van der Waals surface area contributed by atoms with E-state index in [1.54, 1.807) is 0 Å². The van der Waals surface area contributed by atoms with Gasteiger partial charge in [0.15, 0.2) is 9.84 Å². The highest BCUT2D eigenvalue weighted by Crippen LogP contribution is 2.61. The first-order chi connectivity index (χ1) is 14.3. The predicted molar refractivity (Wildman–Crippen MR) is 113 cm³/mol. The summed E-state index contributed by atoms with van der Waals surface area (Å²) < 4.78 is 23.7. The van der Waals surface area contributed by atoms with Crippen LogP contribution in [0.1, 0.15) is 71.1 Å². The maximum Gasteiger partial charge on any atom is 0.267 e. The van der Waals surface area contributed by atoms with Crippen LogP contribution in [0.2, 0.25) is 0 Å². The number of hydrogen-bond acceptors (Lipinski definition) is 5. The second kappa shape index (κ2) is 7.31. The lowest BCUT2D eigenvalue weighted by molar-refractivity contribution is -0.133. The second-order valence-corrected chi connectivity index (χ2v) is 12.8. The Morgan fingerprint density at radius 2 is 1.80 bits per heavy atom. The van der Waals surface area contributed by atoms with Gasteiger partial charge in [-0.15, -0.1) is 0 Å². The Bertz CT molecular complexity index is 846. The van der Waals surface area contributed by atoms with Crippen molar-refractivity contribution in [2.45, 2.75) is 83.2 Å². The van der Waals surface area contributed by atoms with Crippen molar-refractivity contribution in [1.29, 1.82) is 0 Å². The summed E-state index contributed by atoms with van der Waals surface area (Å²) in [4.78, 5) is 25.5. The number of sulfone groups is 1. The predicted octanol–water partition coefficient (Wildman–Crippen LogP) is 2.26. The lowest BCUT2D eigenvalue weighted by atomic mass is 9.47. The molecule has 4 aliphatic carbocycles. The van der Waals surface area contributed by atoms with Crippen LogP contribution >= 0.6 is 0 Å². The van der Waals surface area contributed by atoms with E-state index in [4.69, 9.17) is 0 Å². The van der Waals surface area contributed by atoms with Crippen LogP contribution in [0, 0.1) is 23.2 Å². The minimum atomic E-state index is -3.12. The van der Waals surface area contributed by atoms with Crippen LogP contribution in [0.5, 0.6) is 0 Å². The highest BCUT2D eigenvalue weighted by atomic mass is 32.2. The van der Waals surface area contributed by atoms with Crippen molar-refractivity contribution in [2.75, 3.05) is 11.5 Å². The third kappa shape index (κ3) is 3.59. The van der Waals surface area contributed by atoms with Crippen molar-refractivity contribution in [3.05, 3.63) is 0 Å². The van der Waals surface area contributed by atoms with E-state index in [2.05, 4.69) is 17.3 Å². The molecule has 0 aromatic heterocycles. The van der Waals surface area contributed by atoms with Gasteiger partial charge in [0.05, 0.1) is 17.5 Å². The van der Waals surface area contributed by atoms with Gasteiger partial charge in [0, 0.05) is 18.9 Å². The van der Waals surface area contributed by atoms with Crippen LogP contribution in [0.15, 0.2) is 5.10 Å². The van der Waals surface area contributed by atoms with Gasteiger partial charge in [-0.3, -0.25) is 9.59 Å². The van der Waals surface area contributed by atoms with E-state index in [9.17, 15) is 18.0 Å².